The molecule has 34 heavy (non-hydrogen) atoms. The third-order valence-corrected chi connectivity index (χ3v) is 6.75. The van der Waals surface area contributed by atoms with Gasteiger partial charge in [0.1, 0.15) is 17.3 Å². The molecule has 0 spiro atoms. The van der Waals surface area contributed by atoms with Crippen LogP contribution in [0, 0.1) is 13.8 Å². The van der Waals surface area contributed by atoms with Crippen molar-refractivity contribution in [3.8, 4) is 17.2 Å². The number of aryl methyl sites for hydroxylation is 2. The molecule has 4 heterocycles. The molecule has 0 radical (unpaired) electrons. The van der Waals surface area contributed by atoms with Gasteiger partial charge in [-0.3, -0.25) is 0 Å². The minimum absolute atomic E-state index is 0.304. The van der Waals surface area contributed by atoms with Crippen molar-refractivity contribution in [2.75, 3.05) is 23.3 Å². The van der Waals surface area contributed by atoms with Crippen molar-refractivity contribution < 1.29 is 9.26 Å². The largest absolute Gasteiger partial charge is 0.489 e. The van der Waals surface area contributed by atoms with Gasteiger partial charge in [0.2, 0.25) is 5.95 Å². The highest BCUT2D eigenvalue weighted by Crippen LogP contribution is 2.28. The molecule has 1 aliphatic heterocycles. The molecule has 3 aromatic heterocycles. The summed E-state index contributed by atoms with van der Waals surface area (Å²) in [5.41, 5.74) is 3.48. The van der Waals surface area contributed by atoms with Crippen molar-refractivity contribution in [2.24, 2.45) is 0 Å². The summed E-state index contributed by atoms with van der Waals surface area (Å²) in [7, 11) is 0. The Labute approximate surface area is 201 Å². The molecule has 1 N–H and O–H groups in total. The molecule has 180 valence electrons. The van der Waals surface area contributed by atoms with Crippen molar-refractivity contribution >= 4 is 11.8 Å². The van der Waals surface area contributed by atoms with Gasteiger partial charge in [-0.05, 0) is 70.9 Å². The minimum atomic E-state index is 0.304. The van der Waals surface area contributed by atoms with Crippen LogP contribution in [0.3, 0.4) is 0 Å². The number of nitrogens with one attached hydrogen (secondary N) is 1. The monoisotopic (exact) mass is 462 g/mol. The first kappa shape index (κ1) is 22.6. The number of aromatic nitrogens is 4. The quantitative estimate of drug-likeness (QED) is 0.495. The summed E-state index contributed by atoms with van der Waals surface area (Å²) in [6.07, 6.45) is 11.9. The number of nitrogens with zero attached hydrogens (tertiary/aromatic N) is 5. The molecular formula is C26H34N6O2. The van der Waals surface area contributed by atoms with Crippen LogP contribution in [0.25, 0.3) is 11.5 Å². The van der Waals surface area contributed by atoms with Crippen LogP contribution in [0.5, 0.6) is 5.75 Å². The minimum Gasteiger partial charge on any atom is -0.489 e. The van der Waals surface area contributed by atoms with Gasteiger partial charge in [-0.15, -0.1) is 0 Å². The van der Waals surface area contributed by atoms with Gasteiger partial charge in [-0.25, -0.2) is 9.97 Å². The van der Waals surface area contributed by atoms with E-state index in [9.17, 15) is 0 Å². The Morgan fingerprint density at radius 3 is 2.59 bits per heavy atom. The second kappa shape index (κ2) is 10.4. The highest BCUT2D eigenvalue weighted by Gasteiger charge is 2.19. The Hall–Kier alpha value is -3.16. The van der Waals surface area contributed by atoms with Crippen molar-refractivity contribution in [3.63, 3.8) is 0 Å². The zero-order chi connectivity index (χ0) is 23.3. The Kier molecular flexibility index (Phi) is 6.92. The highest BCUT2D eigenvalue weighted by molar-refractivity contribution is 5.59. The zero-order valence-electron chi connectivity index (χ0n) is 20.2. The second-order valence-corrected chi connectivity index (χ2v) is 9.43. The van der Waals surface area contributed by atoms with Crippen molar-refractivity contribution in [2.45, 2.75) is 77.9 Å². The summed E-state index contributed by atoms with van der Waals surface area (Å²) in [5.74, 6) is 3.09. The van der Waals surface area contributed by atoms with Crippen LogP contribution < -0.4 is 15.0 Å². The first-order valence-electron chi connectivity index (χ1n) is 12.6. The first-order chi connectivity index (χ1) is 16.7. The fourth-order valence-electron chi connectivity index (χ4n) is 4.84. The second-order valence-electron chi connectivity index (χ2n) is 9.43. The van der Waals surface area contributed by atoms with Crippen LogP contribution in [-0.4, -0.2) is 39.3 Å². The molecule has 2 aliphatic rings. The van der Waals surface area contributed by atoms with E-state index in [1.54, 1.807) is 6.20 Å². The number of anilines is 2. The van der Waals surface area contributed by atoms with Crippen LogP contribution >= 0.6 is 0 Å². The molecular weight excluding hydrogens is 428 g/mol. The van der Waals surface area contributed by atoms with Gasteiger partial charge >= 0.3 is 0 Å². The van der Waals surface area contributed by atoms with E-state index in [0.29, 0.717) is 24.4 Å². The molecule has 1 aliphatic carbocycles. The van der Waals surface area contributed by atoms with Gasteiger partial charge < -0.3 is 19.5 Å². The Balaban J connectivity index is 1.28. The maximum atomic E-state index is 6.12. The Bertz CT molecular complexity index is 1090. The number of ether oxygens (including phenoxy) is 1. The molecule has 2 fully saturated rings. The topological polar surface area (TPSA) is 89.2 Å². The number of rotatable bonds is 7. The van der Waals surface area contributed by atoms with Gasteiger partial charge in [0, 0.05) is 37.0 Å². The normalized spacial score (nSPS) is 17.1. The lowest BCUT2D eigenvalue weighted by atomic mass is 9.98. The fraction of sp³-hybridized carbons (Fsp3) is 0.538. The van der Waals surface area contributed by atoms with E-state index >= 15 is 0 Å². The summed E-state index contributed by atoms with van der Waals surface area (Å²) in [4.78, 5) is 16.3. The van der Waals surface area contributed by atoms with E-state index < -0.39 is 0 Å². The summed E-state index contributed by atoms with van der Waals surface area (Å²) in [5, 5.41) is 7.58. The van der Waals surface area contributed by atoms with Gasteiger partial charge in [-0.2, -0.15) is 4.98 Å². The maximum absolute atomic E-state index is 6.12. The van der Waals surface area contributed by atoms with Crippen LogP contribution in [-0.2, 0) is 6.54 Å². The lowest BCUT2D eigenvalue weighted by Gasteiger charge is -2.28. The average Bonchev–Trinajstić information content (AvgIpc) is 3.24. The molecule has 1 saturated carbocycles. The molecule has 8 heteroatoms. The van der Waals surface area contributed by atoms with E-state index in [4.69, 9.17) is 14.2 Å². The van der Waals surface area contributed by atoms with Gasteiger partial charge in [-0.1, -0.05) is 11.6 Å². The van der Waals surface area contributed by atoms with E-state index in [-0.39, 0.29) is 0 Å². The van der Waals surface area contributed by atoms with Gasteiger partial charge in [0.25, 0.3) is 0 Å². The van der Waals surface area contributed by atoms with E-state index in [0.717, 1.165) is 60.1 Å². The van der Waals surface area contributed by atoms with Crippen LogP contribution in [0.2, 0.25) is 0 Å². The lowest BCUT2D eigenvalue weighted by molar-refractivity contribution is 0.154. The van der Waals surface area contributed by atoms with Gasteiger partial charge in [0.05, 0.1) is 18.0 Å². The van der Waals surface area contributed by atoms with Gasteiger partial charge in [0.15, 0.2) is 5.76 Å². The van der Waals surface area contributed by atoms with E-state index in [1.807, 2.05) is 26.0 Å². The summed E-state index contributed by atoms with van der Waals surface area (Å²) in [6, 6.07) is 5.98. The Morgan fingerprint density at radius 1 is 1.03 bits per heavy atom. The predicted molar refractivity (Wildman–Crippen MR) is 132 cm³/mol. The number of hydrogen-bond acceptors (Lipinski definition) is 8. The van der Waals surface area contributed by atoms with Crippen molar-refractivity contribution in [3.05, 3.63) is 41.3 Å². The average molecular weight is 463 g/mol. The molecule has 0 atom stereocenters. The zero-order valence-corrected chi connectivity index (χ0v) is 20.2. The summed E-state index contributed by atoms with van der Waals surface area (Å²) in [6.45, 7) is 6.57. The summed E-state index contributed by atoms with van der Waals surface area (Å²) < 4.78 is 11.8. The molecule has 3 aromatic rings. The Morgan fingerprint density at radius 2 is 1.82 bits per heavy atom. The predicted octanol–water partition coefficient (Wildman–Crippen LogP) is 5.46. The fourth-order valence-corrected chi connectivity index (χ4v) is 4.84. The molecule has 5 rings (SSSR count). The molecule has 8 nitrogen and oxygen atoms in total. The number of hydrogen-bond donors (Lipinski definition) is 1. The third kappa shape index (κ3) is 5.32. The highest BCUT2D eigenvalue weighted by atomic mass is 16.5. The van der Waals surface area contributed by atoms with Crippen LogP contribution in [0.4, 0.5) is 11.8 Å². The lowest BCUT2D eigenvalue weighted by Crippen LogP contribution is -2.30. The third-order valence-electron chi connectivity index (χ3n) is 6.75. The van der Waals surface area contributed by atoms with Crippen molar-refractivity contribution in [1.29, 1.82) is 0 Å². The number of piperidine rings is 1. The molecule has 0 aromatic carbocycles. The van der Waals surface area contributed by atoms with E-state index in [2.05, 4.69) is 31.4 Å². The SMILES string of the molecule is Cc1cc(N2CCCCC2)nc(NCc2c(C)noc2-c2ccc(OC3CCCCC3)cn2)n1. The van der Waals surface area contributed by atoms with Crippen molar-refractivity contribution in [1.82, 2.24) is 20.1 Å². The summed E-state index contributed by atoms with van der Waals surface area (Å²) >= 11 is 0. The maximum Gasteiger partial charge on any atom is 0.225 e. The van der Waals surface area contributed by atoms with Crippen LogP contribution in [0.15, 0.2) is 28.9 Å². The molecule has 1 saturated heterocycles. The molecule has 0 amide bonds. The molecule has 0 bridgehead atoms. The number of pyridine rings is 1. The first-order valence-corrected chi connectivity index (χ1v) is 12.6. The molecule has 0 unspecified atom stereocenters. The van der Waals surface area contributed by atoms with Crippen LogP contribution in [0.1, 0.15) is 68.3 Å². The smallest absolute Gasteiger partial charge is 0.225 e. The van der Waals surface area contributed by atoms with E-state index in [1.165, 1.54) is 38.5 Å². The standard InChI is InChI=1S/C26H34N6O2/c1-18-15-24(32-13-7-4-8-14-32)30-26(29-18)28-17-22-19(2)31-34-25(22)23-12-11-21(16-27-23)33-20-9-5-3-6-10-20/h11-12,15-16,20H,3-10,13-14,17H2,1-2H3,(H,28,29,30).